The lowest BCUT2D eigenvalue weighted by atomic mass is 9.69. The van der Waals surface area contributed by atoms with Crippen molar-refractivity contribution in [2.24, 2.45) is 23.3 Å². The Morgan fingerprint density at radius 3 is 1.53 bits per heavy atom. The van der Waals surface area contributed by atoms with Gasteiger partial charge in [-0.05, 0) is 26.7 Å². The third-order valence-corrected chi connectivity index (χ3v) is 3.99. The van der Waals surface area contributed by atoms with Crippen molar-refractivity contribution in [1.82, 2.24) is 0 Å². The van der Waals surface area contributed by atoms with Crippen LogP contribution in [0.5, 0.6) is 0 Å². The van der Waals surface area contributed by atoms with Gasteiger partial charge >= 0.3 is 11.9 Å². The van der Waals surface area contributed by atoms with Gasteiger partial charge in [0.15, 0.2) is 0 Å². The normalized spacial score (nSPS) is 31.9. The number of cyclic esters (lactones) is 2. The van der Waals surface area contributed by atoms with E-state index in [1.807, 2.05) is 13.8 Å². The molecule has 4 N–H and O–H groups in total. The zero-order valence-corrected chi connectivity index (χ0v) is 10.9. The number of ether oxygens (including phenoxy) is 1. The van der Waals surface area contributed by atoms with Gasteiger partial charge < -0.3 is 16.2 Å². The van der Waals surface area contributed by atoms with Crippen molar-refractivity contribution in [2.45, 2.75) is 51.6 Å². The molecule has 1 rings (SSSR count). The second kappa shape index (κ2) is 4.38. The maximum absolute atomic E-state index is 11.8. The third kappa shape index (κ3) is 2.35. The predicted octanol–water partition coefficient (Wildman–Crippen LogP) is 0.557. The summed E-state index contributed by atoms with van der Waals surface area (Å²) in [5, 5.41) is 0. The quantitative estimate of drug-likeness (QED) is 0.554. The summed E-state index contributed by atoms with van der Waals surface area (Å²) in [6, 6.07) is 0. The van der Waals surface area contributed by atoms with Gasteiger partial charge in [-0.15, -0.1) is 0 Å². The molecule has 1 saturated heterocycles. The van der Waals surface area contributed by atoms with Crippen molar-refractivity contribution < 1.29 is 14.3 Å². The number of hydrogen-bond donors (Lipinski definition) is 2. The van der Waals surface area contributed by atoms with E-state index in [1.54, 1.807) is 13.8 Å². The SMILES string of the molecule is CCC(C)(N)C1C(=O)OC(=O)C1C(C)(N)CC. The Balaban J connectivity index is 3.17. The molecule has 4 atom stereocenters. The fraction of sp³-hybridized carbons (Fsp3) is 0.833. The number of rotatable bonds is 4. The van der Waals surface area contributed by atoms with Crippen LogP contribution < -0.4 is 11.5 Å². The van der Waals surface area contributed by atoms with Crippen LogP contribution in [-0.4, -0.2) is 23.0 Å². The molecule has 0 aromatic carbocycles. The fourth-order valence-electron chi connectivity index (χ4n) is 2.24. The predicted molar refractivity (Wildman–Crippen MR) is 63.8 cm³/mol. The van der Waals surface area contributed by atoms with Gasteiger partial charge in [0.25, 0.3) is 0 Å². The summed E-state index contributed by atoms with van der Waals surface area (Å²) >= 11 is 0. The van der Waals surface area contributed by atoms with E-state index < -0.39 is 34.9 Å². The minimum Gasteiger partial charge on any atom is -0.393 e. The van der Waals surface area contributed by atoms with E-state index in [0.29, 0.717) is 12.8 Å². The summed E-state index contributed by atoms with van der Waals surface area (Å²) < 4.78 is 4.72. The highest BCUT2D eigenvalue weighted by molar-refractivity contribution is 5.98. The Hall–Kier alpha value is -0.940. The second-order valence-electron chi connectivity index (χ2n) is 5.41. The summed E-state index contributed by atoms with van der Waals surface area (Å²) in [4.78, 5) is 23.6. The molecular weight excluding hydrogens is 220 g/mol. The van der Waals surface area contributed by atoms with Crippen molar-refractivity contribution in [3.8, 4) is 0 Å². The molecule has 0 radical (unpaired) electrons. The standard InChI is InChI=1S/C12H22N2O3/c1-5-11(3,13)7-8(12(4,14)6-2)10(16)17-9(7)15/h7-8H,5-6,13-14H2,1-4H3. The first-order valence-electron chi connectivity index (χ1n) is 6.00. The first-order valence-corrected chi connectivity index (χ1v) is 6.00. The molecule has 0 spiro atoms. The minimum atomic E-state index is -0.774. The molecule has 98 valence electrons. The number of nitrogens with two attached hydrogens (primary N) is 2. The van der Waals surface area contributed by atoms with Crippen molar-refractivity contribution in [3.63, 3.8) is 0 Å². The maximum atomic E-state index is 11.8. The summed E-state index contributed by atoms with van der Waals surface area (Å²) in [7, 11) is 0. The van der Waals surface area contributed by atoms with Crippen LogP contribution in [0.1, 0.15) is 40.5 Å². The Bertz CT molecular complexity index is 305. The number of carbonyl (C=O) groups is 2. The summed E-state index contributed by atoms with van der Waals surface area (Å²) in [6.45, 7) is 7.28. The Kier molecular flexibility index (Phi) is 3.64. The molecule has 0 aliphatic carbocycles. The maximum Gasteiger partial charge on any atom is 0.319 e. The van der Waals surface area contributed by atoms with Crippen LogP contribution in [-0.2, 0) is 14.3 Å². The van der Waals surface area contributed by atoms with Crippen molar-refractivity contribution in [1.29, 1.82) is 0 Å². The molecule has 0 aromatic heterocycles. The van der Waals surface area contributed by atoms with Crippen LogP contribution in [0.4, 0.5) is 0 Å². The molecule has 1 fully saturated rings. The summed E-state index contributed by atoms with van der Waals surface area (Å²) in [6.07, 6.45) is 1.16. The van der Waals surface area contributed by atoms with Gasteiger partial charge in [-0.2, -0.15) is 0 Å². The van der Waals surface area contributed by atoms with E-state index in [-0.39, 0.29) is 0 Å². The van der Waals surface area contributed by atoms with Gasteiger partial charge in [0.2, 0.25) is 0 Å². The van der Waals surface area contributed by atoms with Crippen LogP contribution in [0.2, 0.25) is 0 Å². The van der Waals surface area contributed by atoms with Gasteiger partial charge in [-0.1, -0.05) is 13.8 Å². The van der Waals surface area contributed by atoms with Gasteiger partial charge in [0.05, 0.1) is 11.8 Å². The average Bonchev–Trinajstić information content (AvgIpc) is 2.54. The Morgan fingerprint density at radius 1 is 1.00 bits per heavy atom. The fourth-order valence-corrected chi connectivity index (χ4v) is 2.24. The van der Waals surface area contributed by atoms with Gasteiger partial charge in [0.1, 0.15) is 0 Å². The van der Waals surface area contributed by atoms with Crippen LogP contribution >= 0.6 is 0 Å². The monoisotopic (exact) mass is 242 g/mol. The highest BCUT2D eigenvalue weighted by atomic mass is 16.6. The molecule has 4 unspecified atom stereocenters. The second-order valence-corrected chi connectivity index (χ2v) is 5.41. The molecular formula is C12H22N2O3. The van der Waals surface area contributed by atoms with Crippen LogP contribution in [0.15, 0.2) is 0 Å². The number of carbonyl (C=O) groups excluding carboxylic acids is 2. The molecule has 0 aromatic rings. The molecule has 5 nitrogen and oxygen atoms in total. The summed E-state index contributed by atoms with van der Waals surface area (Å²) in [5.74, 6) is -2.40. The van der Waals surface area contributed by atoms with Gasteiger partial charge in [-0.25, -0.2) is 0 Å². The van der Waals surface area contributed by atoms with Crippen molar-refractivity contribution >= 4 is 11.9 Å². The first-order chi connectivity index (χ1) is 7.67. The first kappa shape index (κ1) is 14.1. The zero-order chi connectivity index (χ0) is 13.4. The highest BCUT2D eigenvalue weighted by Gasteiger charge is 2.57. The molecule has 1 aliphatic heterocycles. The highest BCUT2D eigenvalue weighted by Crippen LogP contribution is 2.39. The smallest absolute Gasteiger partial charge is 0.319 e. The van der Waals surface area contributed by atoms with E-state index >= 15 is 0 Å². The zero-order valence-electron chi connectivity index (χ0n) is 10.9. The Morgan fingerprint density at radius 2 is 1.29 bits per heavy atom. The lowest BCUT2D eigenvalue weighted by Crippen LogP contribution is -2.57. The lowest BCUT2D eigenvalue weighted by molar-refractivity contribution is -0.154. The molecule has 0 amide bonds. The molecule has 1 heterocycles. The topological polar surface area (TPSA) is 95.4 Å². The molecule has 0 bridgehead atoms. The van der Waals surface area contributed by atoms with Gasteiger partial charge in [0, 0.05) is 11.1 Å². The van der Waals surface area contributed by atoms with Crippen LogP contribution in [0.3, 0.4) is 0 Å². The molecule has 1 aliphatic rings. The van der Waals surface area contributed by atoms with Crippen molar-refractivity contribution in [2.75, 3.05) is 0 Å². The third-order valence-electron chi connectivity index (χ3n) is 3.99. The van der Waals surface area contributed by atoms with E-state index in [0.717, 1.165) is 0 Å². The molecule has 0 saturated carbocycles. The van der Waals surface area contributed by atoms with Crippen LogP contribution in [0.25, 0.3) is 0 Å². The molecule has 17 heavy (non-hydrogen) atoms. The van der Waals surface area contributed by atoms with Crippen molar-refractivity contribution in [3.05, 3.63) is 0 Å². The number of esters is 2. The Labute approximate surface area is 102 Å². The lowest BCUT2D eigenvalue weighted by Gasteiger charge is -2.37. The number of hydrogen-bond acceptors (Lipinski definition) is 5. The summed E-state index contributed by atoms with van der Waals surface area (Å²) in [5.41, 5.74) is 10.7. The van der Waals surface area contributed by atoms with E-state index in [4.69, 9.17) is 16.2 Å². The average molecular weight is 242 g/mol. The molecule has 5 heteroatoms. The largest absolute Gasteiger partial charge is 0.393 e. The van der Waals surface area contributed by atoms with Gasteiger partial charge in [-0.3, -0.25) is 9.59 Å². The van der Waals surface area contributed by atoms with E-state index in [9.17, 15) is 9.59 Å². The van der Waals surface area contributed by atoms with E-state index in [2.05, 4.69) is 0 Å². The van der Waals surface area contributed by atoms with E-state index in [1.165, 1.54) is 0 Å². The minimum absolute atomic E-state index is 0.544. The van der Waals surface area contributed by atoms with Crippen LogP contribution in [0, 0.1) is 11.8 Å².